The maximum absolute atomic E-state index is 15.3. The van der Waals surface area contributed by atoms with E-state index in [1.54, 1.807) is 30.7 Å². The Morgan fingerprint density at radius 2 is 1.88 bits per heavy atom. The quantitative estimate of drug-likeness (QED) is 0.325. The lowest BCUT2D eigenvalue weighted by molar-refractivity contribution is -0.202. The van der Waals surface area contributed by atoms with E-state index in [9.17, 15) is 8.42 Å². The number of rotatable bonds is 7. The molecular weight excluding hydrogens is 566 g/mol. The van der Waals surface area contributed by atoms with E-state index in [2.05, 4.69) is 20.4 Å². The number of nitrogens with two attached hydrogens (primary N) is 1. The summed E-state index contributed by atoms with van der Waals surface area (Å²) in [4.78, 5) is 8.71. The number of benzene rings is 1. The lowest BCUT2D eigenvalue weighted by atomic mass is 9.76. The number of aromatic nitrogens is 4. The number of fused-ring (bicyclic) bond motifs is 1. The molecule has 0 bridgehead atoms. The highest BCUT2D eigenvalue weighted by atomic mass is 32.2. The Bertz CT molecular complexity index is 1720. The van der Waals surface area contributed by atoms with Crippen molar-refractivity contribution in [1.82, 2.24) is 19.6 Å². The molecule has 13 heteroatoms. The largest absolute Gasteiger partial charge is 0.375 e. The van der Waals surface area contributed by atoms with Crippen LogP contribution in [0, 0.1) is 17.6 Å². The van der Waals surface area contributed by atoms with Gasteiger partial charge in [-0.15, -0.1) is 0 Å². The zero-order chi connectivity index (χ0) is 29.8. The van der Waals surface area contributed by atoms with Crippen molar-refractivity contribution < 1.29 is 26.7 Å². The number of ether oxygens (including phenoxy) is 2. The van der Waals surface area contributed by atoms with Crippen molar-refractivity contribution in [2.75, 3.05) is 31.9 Å². The first kappa shape index (κ1) is 28.6. The van der Waals surface area contributed by atoms with Gasteiger partial charge in [0.25, 0.3) is 0 Å². The van der Waals surface area contributed by atoms with E-state index in [0.717, 1.165) is 5.56 Å². The highest BCUT2D eigenvalue weighted by Gasteiger charge is 2.42. The van der Waals surface area contributed by atoms with Crippen LogP contribution in [0.25, 0.3) is 16.8 Å². The fourth-order valence-electron chi connectivity index (χ4n) is 6.42. The van der Waals surface area contributed by atoms with Crippen molar-refractivity contribution in [2.24, 2.45) is 11.7 Å². The Morgan fingerprint density at radius 1 is 1.14 bits per heavy atom. The molecule has 1 aliphatic heterocycles. The number of hydrogen-bond acceptors (Lipinski definition) is 9. The number of nitrogens with zero attached hydrogens (tertiary/aromatic N) is 4. The molecular formula is C29H32F2N6O4S. The number of methoxy groups -OCH3 is 1. The third kappa shape index (κ3) is 4.93. The van der Waals surface area contributed by atoms with Crippen LogP contribution in [0.1, 0.15) is 36.8 Å². The molecule has 1 saturated carbocycles. The molecule has 1 aromatic carbocycles. The van der Waals surface area contributed by atoms with E-state index in [1.807, 2.05) is 13.0 Å². The molecule has 6 rings (SSSR count). The molecule has 1 saturated heterocycles. The maximum Gasteiger partial charge on any atom is 0.229 e. The smallest absolute Gasteiger partial charge is 0.229 e. The Morgan fingerprint density at radius 3 is 2.50 bits per heavy atom. The number of nitrogens with one attached hydrogen (secondary N) is 1. The first-order valence-corrected chi connectivity index (χ1v) is 15.6. The van der Waals surface area contributed by atoms with Crippen LogP contribution in [-0.4, -0.2) is 65.9 Å². The molecule has 2 fully saturated rings. The first-order chi connectivity index (χ1) is 20.0. The predicted octanol–water partition coefficient (Wildman–Crippen LogP) is 3.94. The number of hydrogen-bond donors (Lipinski definition) is 2. The number of pyridine rings is 1. The molecule has 0 radical (unpaired) electrons. The molecule has 3 N–H and O–H groups in total. The lowest BCUT2D eigenvalue weighted by Crippen LogP contribution is -2.48. The molecule has 0 unspecified atom stereocenters. The zero-order valence-electron chi connectivity index (χ0n) is 23.4. The maximum atomic E-state index is 15.3. The van der Waals surface area contributed by atoms with Gasteiger partial charge in [-0.05, 0) is 66.1 Å². The van der Waals surface area contributed by atoms with Gasteiger partial charge >= 0.3 is 0 Å². The van der Waals surface area contributed by atoms with Crippen LogP contribution in [0.3, 0.4) is 0 Å². The molecule has 2 aliphatic rings. The molecule has 0 spiro atoms. The summed E-state index contributed by atoms with van der Waals surface area (Å²) in [5.74, 6) is -1.34. The summed E-state index contributed by atoms with van der Waals surface area (Å²) >= 11 is 0. The fourth-order valence-corrected chi connectivity index (χ4v) is 8.12. The molecule has 42 heavy (non-hydrogen) atoms. The minimum atomic E-state index is -3.29. The van der Waals surface area contributed by atoms with Crippen molar-refractivity contribution in [1.29, 1.82) is 0 Å². The van der Waals surface area contributed by atoms with E-state index in [1.165, 1.54) is 30.0 Å². The number of imidazole rings is 1. The monoisotopic (exact) mass is 598 g/mol. The van der Waals surface area contributed by atoms with E-state index < -0.39 is 38.4 Å². The van der Waals surface area contributed by atoms with Crippen LogP contribution < -0.4 is 11.1 Å². The average Bonchev–Trinajstić information content (AvgIpc) is 3.29. The van der Waals surface area contributed by atoms with Crippen LogP contribution in [-0.2, 0) is 24.9 Å². The average molecular weight is 599 g/mol. The normalized spacial score (nSPS) is 24.0. The molecule has 4 aromatic rings. The Kier molecular flexibility index (Phi) is 7.24. The predicted molar refractivity (Wildman–Crippen MR) is 153 cm³/mol. The zero-order valence-corrected chi connectivity index (χ0v) is 24.2. The molecule has 10 nitrogen and oxygen atoms in total. The van der Waals surface area contributed by atoms with Gasteiger partial charge in [-0.1, -0.05) is 6.92 Å². The second-order valence-corrected chi connectivity index (χ2v) is 13.5. The number of halogens is 2. The lowest BCUT2D eigenvalue weighted by Gasteiger charge is -2.40. The second-order valence-electron chi connectivity index (χ2n) is 11.3. The van der Waals surface area contributed by atoms with Crippen molar-refractivity contribution in [2.45, 2.75) is 42.6 Å². The van der Waals surface area contributed by atoms with Crippen LogP contribution in [0.5, 0.6) is 0 Å². The van der Waals surface area contributed by atoms with Crippen LogP contribution >= 0.6 is 0 Å². The van der Waals surface area contributed by atoms with Gasteiger partial charge in [0.1, 0.15) is 17.2 Å². The highest BCUT2D eigenvalue weighted by Crippen LogP contribution is 2.41. The summed E-state index contributed by atoms with van der Waals surface area (Å²) in [5, 5.41) is 7.20. The van der Waals surface area contributed by atoms with Crippen molar-refractivity contribution in [3.05, 3.63) is 71.7 Å². The van der Waals surface area contributed by atoms with Crippen molar-refractivity contribution >= 4 is 27.0 Å². The van der Waals surface area contributed by atoms with E-state index >= 15 is 8.78 Å². The van der Waals surface area contributed by atoms with Crippen LogP contribution in [0.15, 0.2) is 48.9 Å². The standard InChI is InChI=1S/C29H32F2N6O4S/c1-16-8-17(9-23(32)27(16)42(3,38)39)20-6-7-33-13-25(20)35-28-34-12-19-4-5-24(36-37(19)28)26-21(30)10-18(11-22(26)31)29(40-2)14-41-15-29/h4-7,10-13,16-17,23,27H,8-9,14-15,32H2,1-3H3,(H,34,35)/t16-,17+,23+,27+/m0/s1. The third-order valence-electron chi connectivity index (χ3n) is 8.50. The van der Waals surface area contributed by atoms with Crippen molar-refractivity contribution in [3.63, 3.8) is 0 Å². The Balaban J connectivity index is 1.32. The minimum Gasteiger partial charge on any atom is -0.375 e. The molecule has 4 heterocycles. The van der Waals surface area contributed by atoms with Crippen LogP contribution in [0.4, 0.5) is 20.4 Å². The highest BCUT2D eigenvalue weighted by molar-refractivity contribution is 7.91. The molecule has 0 amide bonds. The van der Waals surface area contributed by atoms with Gasteiger partial charge in [0.15, 0.2) is 9.84 Å². The minimum absolute atomic E-state index is 0.00795. The summed E-state index contributed by atoms with van der Waals surface area (Å²) in [6.45, 7) is 2.35. The van der Waals surface area contributed by atoms with Gasteiger partial charge in [0.2, 0.25) is 5.95 Å². The molecule has 4 atom stereocenters. The summed E-state index contributed by atoms with van der Waals surface area (Å²) in [5.41, 5.74) is 7.89. The second kappa shape index (κ2) is 10.6. The summed E-state index contributed by atoms with van der Waals surface area (Å²) in [6.07, 6.45) is 7.31. The van der Waals surface area contributed by atoms with Gasteiger partial charge in [-0.25, -0.2) is 22.2 Å². The summed E-state index contributed by atoms with van der Waals surface area (Å²) < 4.78 is 67.6. The summed E-state index contributed by atoms with van der Waals surface area (Å²) in [7, 11) is -1.80. The van der Waals surface area contributed by atoms with Gasteiger partial charge in [-0.2, -0.15) is 9.61 Å². The summed E-state index contributed by atoms with van der Waals surface area (Å²) in [6, 6.07) is 7.12. The molecule has 1 aliphatic carbocycles. The van der Waals surface area contributed by atoms with E-state index in [4.69, 9.17) is 15.2 Å². The molecule has 3 aromatic heterocycles. The van der Waals surface area contributed by atoms with Gasteiger partial charge in [0.05, 0.1) is 53.3 Å². The third-order valence-corrected chi connectivity index (χ3v) is 10.3. The van der Waals surface area contributed by atoms with Crippen molar-refractivity contribution in [3.8, 4) is 11.3 Å². The van der Waals surface area contributed by atoms with Gasteiger partial charge < -0.3 is 20.5 Å². The molecule has 222 valence electrons. The first-order valence-electron chi connectivity index (χ1n) is 13.6. The number of anilines is 2. The van der Waals surface area contributed by atoms with E-state index in [0.29, 0.717) is 35.6 Å². The Labute approximate surface area is 242 Å². The topological polar surface area (TPSA) is 134 Å². The number of sulfone groups is 1. The van der Waals surface area contributed by atoms with E-state index in [-0.39, 0.29) is 36.3 Å². The van der Waals surface area contributed by atoms with Gasteiger partial charge in [-0.3, -0.25) is 4.98 Å². The Hall–Kier alpha value is -3.52. The van der Waals surface area contributed by atoms with Gasteiger partial charge in [0, 0.05) is 25.6 Å². The SMILES string of the molecule is COC1(c2cc(F)c(-c3ccc4cnc(Nc5cnccc5[C@H]5C[C@@H](N)[C@H](S(C)(=O)=O)[C@@H](C)C5)n4n3)c(F)c2)COC1. The fraction of sp³-hybridized carbons (Fsp3) is 0.414. The van der Waals surface area contributed by atoms with Crippen LogP contribution in [0.2, 0.25) is 0 Å².